The number of aliphatic hydroxyl groups is 2. The number of hydrogen-bond donors (Lipinski definition) is 2. The molecule has 0 heterocycles. The summed E-state index contributed by atoms with van der Waals surface area (Å²) in [6, 6.07) is 0. The van der Waals surface area contributed by atoms with Crippen LogP contribution in [0, 0.1) is 72.2 Å². The zero-order valence-electron chi connectivity index (χ0n) is 25.2. The van der Waals surface area contributed by atoms with Gasteiger partial charge in [0.1, 0.15) is 0 Å². The van der Waals surface area contributed by atoms with Gasteiger partial charge in [-0.05, 0) is 114 Å². The summed E-state index contributed by atoms with van der Waals surface area (Å²) in [5.41, 5.74) is -0.898. The van der Waals surface area contributed by atoms with Gasteiger partial charge >= 0.3 is 6.23 Å². The molecule has 0 amide bonds. The second-order valence-corrected chi connectivity index (χ2v) is 17.1. The first-order valence-corrected chi connectivity index (χ1v) is 16.0. The first-order valence-electron chi connectivity index (χ1n) is 15.6. The van der Waals surface area contributed by atoms with Crippen LogP contribution in [0.1, 0.15) is 120 Å². The summed E-state index contributed by atoms with van der Waals surface area (Å²) in [4.78, 5) is 11.2. The maximum Gasteiger partial charge on any atom is 0.313 e. The Balaban J connectivity index is 1.62. The largest absolute Gasteiger partial charge is 0.391 e. The van der Waals surface area contributed by atoms with Crippen molar-refractivity contribution in [1.82, 2.24) is 0 Å². The Labute approximate surface area is 236 Å². The van der Waals surface area contributed by atoms with E-state index in [0.29, 0.717) is 17.8 Å². The third kappa shape index (κ3) is 3.42. The predicted molar refractivity (Wildman–Crippen MR) is 152 cm³/mol. The van der Waals surface area contributed by atoms with Gasteiger partial charge < -0.3 is 10.2 Å². The van der Waals surface area contributed by atoms with Crippen LogP contribution in [-0.4, -0.2) is 32.8 Å². The average molecular weight is 552 g/mol. The molecule has 38 heavy (non-hydrogen) atoms. The Morgan fingerprint density at radius 2 is 1.58 bits per heavy atom. The summed E-state index contributed by atoms with van der Waals surface area (Å²) in [5.74, 6) is 3.09. The van der Waals surface area contributed by atoms with E-state index in [9.17, 15) is 20.3 Å². The van der Waals surface area contributed by atoms with E-state index < -0.39 is 33.5 Å². The molecule has 13 atom stereocenters. The highest BCUT2D eigenvalue weighted by molar-refractivity contribution is 6.21. The van der Waals surface area contributed by atoms with E-state index in [-0.39, 0.29) is 28.6 Å². The van der Waals surface area contributed by atoms with E-state index in [1.165, 1.54) is 25.7 Å². The van der Waals surface area contributed by atoms with Gasteiger partial charge in [-0.3, -0.25) is 10.1 Å². The molecule has 5 nitrogen and oxygen atoms in total. The molecule has 5 saturated carbocycles. The smallest absolute Gasteiger partial charge is 0.313 e. The molecule has 5 aliphatic carbocycles. The molecular formula is C32H54ClNO4. The minimum atomic E-state index is -1.62. The predicted octanol–water partition coefficient (Wildman–Crippen LogP) is 7.68. The number of halogens is 1. The quantitative estimate of drug-likeness (QED) is 0.163. The van der Waals surface area contributed by atoms with Gasteiger partial charge in [0.25, 0.3) is 0 Å². The van der Waals surface area contributed by atoms with Crippen LogP contribution >= 0.6 is 11.6 Å². The summed E-state index contributed by atoms with van der Waals surface area (Å²) >= 11 is 6.97. The highest BCUT2D eigenvalue weighted by atomic mass is 35.5. The maximum atomic E-state index is 12.0. The number of aliphatic hydroxyl groups excluding tert-OH is 2. The molecule has 0 bridgehead atoms. The van der Waals surface area contributed by atoms with Crippen molar-refractivity contribution in [2.24, 2.45) is 62.1 Å². The van der Waals surface area contributed by atoms with Gasteiger partial charge in [-0.15, -0.1) is 11.6 Å². The second kappa shape index (κ2) is 8.81. The van der Waals surface area contributed by atoms with Gasteiger partial charge in [0, 0.05) is 11.8 Å². The minimum absolute atomic E-state index is 0.0144. The lowest BCUT2D eigenvalue weighted by atomic mass is 9.28. The van der Waals surface area contributed by atoms with Crippen molar-refractivity contribution in [1.29, 1.82) is 0 Å². The van der Waals surface area contributed by atoms with Gasteiger partial charge in [-0.1, -0.05) is 55.4 Å². The van der Waals surface area contributed by atoms with Crippen molar-refractivity contribution < 1.29 is 15.1 Å². The molecule has 2 N–H and O–H groups in total. The molecule has 0 aromatic carbocycles. The summed E-state index contributed by atoms with van der Waals surface area (Å²) in [6.07, 6.45) is 7.51. The Morgan fingerprint density at radius 1 is 0.947 bits per heavy atom. The molecule has 218 valence electrons. The van der Waals surface area contributed by atoms with Crippen LogP contribution in [0.25, 0.3) is 0 Å². The van der Waals surface area contributed by atoms with Crippen molar-refractivity contribution in [3.63, 3.8) is 0 Å². The zero-order valence-corrected chi connectivity index (χ0v) is 26.0. The second-order valence-electron chi connectivity index (χ2n) is 16.5. The summed E-state index contributed by atoms with van der Waals surface area (Å²) in [7, 11) is 0. The SMILES string of the molecule is C[C@@H]1[C@H]2[C@H]3CC[C@H]4[C@@](C)(CC[C@@]5(CC(O)[N+](=O)[O-])C(C)(C)CC(Cl)C(O)[C@]45C)[C@]3(C)CC[C@@]2(C)CC[C@H]1C. The standard InChI is InChI=1S/C32H54ClNO4/c1-19-11-12-28(5)13-14-29(6)21(25(28)20(19)2)9-10-23-30(29,7)15-16-32(18-24(35)34(37)38)27(3,4)17-22(33)26(36)31(23,32)8/h19-26,35-36H,9-18H2,1-8H3/t19-,20+,21-,22?,23+,24?,25+,26?,28-,29-,30-,31+,32-/m1/s1. The third-order valence-electron chi connectivity index (χ3n) is 15.3. The Kier molecular flexibility index (Phi) is 6.75. The van der Waals surface area contributed by atoms with Crippen LogP contribution in [0.3, 0.4) is 0 Å². The minimum Gasteiger partial charge on any atom is -0.391 e. The Hall–Kier alpha value is -0.390. The molecule has 0 radical (unpaired) electrons. The van der Waals surface area contributed by atoms with E-state index >= 15 is 0 Å². The number of hydrogen-bond acceptors (Lipinski definition) is 4. The zero-order chi connectivity index (χ0) is 28.3. The molecule has 5 rings (SSSR count). The summed E-state index contributed by atoms with van der Waals surface area (Å²) in [6.45, 7) is 19.2. The fraction of sp³-hybridized carbons (Fsp3) is 1.00. The first-order chi connectivity index (χ1) is 17.4. The van der Waals surface area contributed by atoms with Crippen LogP contribution in [0.5, 0.6) is 0 Å². The molecule has 3 unspecified atom stereocenters. The monoisotopic (exact) mass is 551 g/mol. The molecular weight excluding hydrogens is 498 g/mol. The Morgan fingerprint density at radius 3 is 2.21 bits per heavy atom. The van der Waals surface area contributed by atoms with Crippen molar-refractivity contribution in [2.75, 3.05) is 0 Å². The Bertz CT molecular complexity index is 973. The van der Waals surface area contributed by atoms with E-state index in [2.05, 4.69) is 55.4 Å². The van der Waals surface area contributed by atoms with Crippen molar-refractivity contribution in [3.05, 3.63) is 10.1 Å². The van der Waals surface area contributed by atoms with Crippen LogP contribution in [0.15, 0.2) is 0 Å². The van der Waals surface area contributed by atoms with Gasteiger partial charge in [0.15, 0.2) is 0 Å². The molecule has 0 spiro atoms. The summed E-state index contributed by atoms with van der Waals surface area (Å²) < 4.78 is 0. The van der Waals surface area contributed by atoms with Crippen LogP contribution in [0.4, 0.5) is 0 Å². The molecule has 6 heteroatoms. The van der Waals surface area contributed by atoms with Crippen LogP contribution in [0.2, 0.25) is 0 Å². The van der Waals surface area contributed by atoms with Crippen LogP contribution in [-0.2, 0) is 0 Å². The molecule has 0 aliphatic heterocycles. The highest BCUT2D eigenvalue weighted by Gasteiger charge is 2.76. The van der Waals surface area contributed by atoms with Gasteiger partial charge in [-0.25, -0.2) is 0 Å². The number of nitro groups is 1. The normalized spacial score (nSPS) is 56.6. The van der Waals surface area contributed by atoms with Crippen molar-refractivity contribution >= 4 is 11.6 Å². The number of nitrogens with zero attached hydrogens (tertiary/aromatic N) is 1. The first kappa shape index (κ1) is 29.1. The van der Waals surface area contributed by atoms with E-state index in [0.717, 1.165) is 43.4 Å². The number of rotatable bonds is 3. The lowest BCUT2D eigenvalue weighted by molar-refractivity contribution is -0.577. The van der Waals surface area contributed by atoms with E-state index in [1.54, 1.807) is 0 Å². The fourth-order valence-corrected chi connectivity index (χ4v) is 13.4. The van der Waals surface area contributed by atoms with E-state index in [4.69, 9.17) is 11.6 Å². The molecule has 5 fully saturated rings. The molecule has 0 aromatic heterocycles. The van der Waals surface area contributed by atoms with Crippen molar-refractivity contribution in [2.45, 2.75) is 137 Å². The van der Waals surface area contributed by atoms with Gasteiger partial charge in [-0.2, -0.15) is 0 Å². The molecule has 0 saturated heterocycles. The third-order valence-corrected chi connectivity index (χ3v) is 15.7. The highest BCUT2D eigenvalue weighted by Crippen LogP contribution is 2.80. The topological polar surface area (TPSA) is 83.6 Å². The molecule has 0 aromatic rings. The van der Waals surface area contributed by atoms with E-state index in [1.807, 2.05) is 0 Å². The fourth-order valence-electron chi connectivity index (χ4n) is 12.7. The number of fused-ring (bicyclic) bond motifs is 7. The lowest BCUT2D eigenvalue weighted by Gasteiger charge is -2.77. The van der Waals surface area contributed by atoms with Gasteiger partial charge in [0.05, 0.1) is 16.4 Å². The lowest BCUT2D eigenvalue weighted by Crippen LogP contribution is -2.74. The maximum absolute atomic E-state index is 12.0. The number of alkyl halides is 1. The molecule has 5 aliphatic rings. The van der Waals surface area contributed by atoms with Gasteiger partial charge in [0.2, 0.25) is 0 Å². The van der Waals surface area contributed by atoms with Crippen LogP contribution < -0.4 is 0 Å². The summed E-state index contributed by atoms with van der Waals surface area (Å²) in [5, 5.41) is 34.1. The average Bonchev–Trinajstić information content (AvgIpc) is 2.83. The van der Waals surface area contributed by atoms with Crippen molar-refractivity contribution in [3.8, 4) is 0 Å².